The molecule has 2 aromatic rings. The fourth-order valence-electron chi connectivity index (χ4n) is 2.76. The van der Waals surface area contributed by atoms with Crippen LogP contribution in [0.3, 0.4) is 0 Å². The largest absolute Gasteiger partial charge is 0.355 e. The second kappa shape index (κ2) is 8.29. The van der Waals surface area contributed by atoms with Gasteiger partial charge in [0.25, 0.3) is 5.91 Å². The minimum absolute atomic E-state index is 0.0890. The monoisotopic (exact) mass is 324 g/mol. The molecule has 0 aliphatic carbocycles. The van der Waals surface area contributed by atoms with Gasteiger partial charge in [-0.15, -0.1) is 0 Å². The number of para-hydroxylation sites is 1. The van der Waals surface area contributed by atoms with Crippen molar-refractivity contribution in [2.24, 2.45) is 5.92 Å². The summed E-state index contributed by atoms with van der Waals surface area (Å²) in [5.74, 6) is 0.175. The van der Waals surface area contributed by atoms with Gasteiger partial charge < -0.3 is 10.6 Å². The van der Waals surface area contributed by atoms with E-state index in [-0.39, 0.29) is 17.7 Å². The fourth-order valence-corrected chi connectivity index (χ4v) is 2.76. The molecule has 0 saturated carbocycles. The molecule has 2 amide bonds. The molecule has 1 unspecified atom stereocenters. The van der Waals surface area contributed by atoms with E-state index < -0.39 is 0 Å². The van der Waals surface area contributed by atoms with Crippen molar-refractivity contribution in [2.45, 2.75) is 26.2 Å². The number of carbonyl (C=O) groups excluding carboxylic acids is 2. The summed E-state index contributed by atoms with van der Waals surface area (Å²) in [6.07, 6.45) is 0.379. The predicted molar refractivity (Wildman–Crippen MR) is 97.1 cm³/mol. The first-order valence-corrected chi connectivity index (χ1v) is 8.18. The highest BCUT2D eigenvalue weighted by Crippen LogP contribution is 2.28. The normalized spacial score (nSPS) is 11.8. The Morgan fingerprint density at radius 3 is 2.21 bits per heavy atom. The summed E-state index contributed by atoms with van der Waals surface area (Å²) in [5, 5.41) is 5.47. The summed E-state index contributed by atoms with van der Waals surface area (Å²) >= 11 is 0. The van der Waals surface area contributed by atoms with Crippen LogP contribution in [-0.4, -0.2) is 18.9 Å². The zero-order valence-corrected chi connectivity index (χ0v) is 14.4. The van der Waals surface area contributed by atoms with Gasteiger partial charge in [0.05, 0.1) is 11.3 Å². The zero-order chi connectivity index (χ0) is 17.5. The molecule has 126 valence electrons. The van der Waals surface area contributed by atoms with E-state index in [0.717, 1.165) is 5.56 Å². The van der Waals surface area contributed by atoms with Gasteiger partial charge in [-0.25, -0.2) is 0 Å². The van der Waals surface area contributed by atoms with Crippen LogP contribution in [-0.2, 0) is 4.79 Å². The smallest absolute Gasteiger partial charge is 0.253 e. The first-order chi connectivity index (χ1) is 11.5. The van der Waals surface area contributed by atoms with E-state index in [2.05, 4.69) is 36.6 Å². The van der Waals surface area contributed by atoms with Crippen LogP contribution in [0.4, 0.5) is 5.69 Å². The van der Waals surface area contributed by atoms with Gasteiger partial charge in [0.2, 0.25) is 5.91 Å². The third kappa shape index (κ3) is 4.44. The minimum atomic E-state index is -0.214. The van der Waals surface area contributed by atoms with Crippen molar-refractivity contribution < 1.29 is 9.59 Å². The van der Waals surface area contributed by atoms with Gasteiger partial charge in [0.1, 0.15) is 0 Å². The quantitative estimate of drug-likeness (QED) is 0.849. The summed E-state index contributed by atoms with van der Waals surface area (Å²) in [5.41, 5.74) is 2.16. The molecule has 0 spiro atoms. The second-order valence-corrected chi connectivity index (χ2v) is 6.14. The maximum absolute atomic E-state index is 12.5. The summed E-state index contributed by atoms with van der Waals surface area (Å²) in [7, 11) is 1.57. The van der Waals surface area contributed by atoms with Crippen LogP contribution < -0.4 is 10.6 Å². The van der Waals surface area contributed by atoms with E-state index >= 15 is 0 Å². The number of hydrogen-bond donors (Lipinski definition) is 2. The summed E-state index contributed by atoms with van der Waals surface area (Å²) in [4.78, 5) is 24.4. The molecule has 0 saturated heterocycles. The zero-order valence-electron chi connectivity index (χ0n) is 14.4. The van der Waals surface area contributed by atoms with Crippen molar-refractivity contribution >= 4 is 17.5 Å². The molecular weight excluding hydrogens is 300 g/mol. The van der Waals surface area contributed by atoms with Gasteiger partial charge in [-0.05, 0) is 29.5 Å². The molecule has 0 heterocycles. The van der Waals surface area contributed by atoms with Crippen molar-refractivity contribution in [3.05, 3.63) is 65.7 Å². The van der Waals surface area contributed by atoms with Crippen LogP contribution in [0.1, 0.15) is 42.1 Å². The Balaban J connectivity index is 2.14. The molecule has 0 radical (unpaired) electrons. The molecule has 0 aliphatic rings. The maximum atomic E-state index is 12.5. The number of carbonyl (C=O) groups is 2. The molecule has 4 nitrogen and oxygen atoms in total. The Bertz CT molecular complexity index is 696. The first-order valence-electron chi connectivity index (χ1n) is 8.18. The Hall–Kier alpha value is -2.62. The van der Waals surface area contributed by atoms with Crippen LogP contribution in [0.15, 0.2) is 54.6 Å². The molecule has 0 aliphatic heterocycles. The average Bonchev–Trinajstić information content (AvgIpc) is 2.60. The van der Waals surface area contributed by atoms with Gasteiger partial charge in [-0.3, -0.25) is 9.59 Å². The lowest BCUT2D eigenvalue weighted by Crippen LogP contribution is -2.23. The predicted octanol–water partition coefficient (Wildman–Crippen LogP) is 3.81. The van der Waals surface area contributed by atoms with E-state index in [1.807, 2.05) is 18.2 Å². The SMILES string of the molecule is CNC(=O)c1ccccc1NC(=O)CC(c1ccccc1)C(C)C. The van der Waals surface area contributed by atoms with Crippen LogP contribution in [0.2, 0.25) is 0 Å². The number of hydrogen-bond acceptors (Lipinski definition) is 2. The lowest BCUT2D eigenvalue weighted by atomic mass is 9.85. The van der Waals surface area contributed by atoms with E-state index in [0.29, 0.717) is 23.6 Å². The molecule has 2 aromatic carbocycles. The van der Waals surface area contributed by atoms with Crippen LogP contribution in [0.5, 0.6) is 0 Å². The molecule has 0 fully saturated rings. The minimum Gasteiger partial charge on any atom is -0.355 e. The third-order valence-corrected chi connectivity index (χ3v) is 4.11. The molecule has 0 bridgehead atoms. The number of nitrogens with one attached hydrogen (secondary N) is 2. The van der Waals surface area contributed by atoms with Gasteiger partial charge in [0, 0.05) is 13.5 Å². The highest BCUT2D eigenvalue weighted by Gasteiger charge is 2.20. The second-order valence-electron chi connectivity index (χ2n) is 6.14. The molecule has 24 heavy (non-hydrogen) atoms. The fraction of sp³-hybridized carbons (Fsp3) is 0.300. The van der Waals surface area contributed by atoms with E-state index in [1.54, 1.807) is 31.3 Å². The van der Waals surface area contributed by atoms with Gasteiger partial charge in [-0.1, -0.05) is 56.3 Å². The molecule has 1 atom stereocenters. The highest BCUT2D eigenvalue weighted by molar-refractivity contribution is 6.03. The molecular formula is C20H24N2O2. The molecule has 4 heteroatoms. The third-order valence-electron chi connectivity index (χ3n) is 4.11. The summed E-state index contributed by atoms with van der Waals surface area (Å²) < 4.78 is 0. The van der Waals surface area contributed by atoms with Gasteiger partial charge >= 0.3 is 0 Å². The summed E-state index contributed by atoms with van der Waals surface area (Å²) in [6, 6.07) is 17.1. The van der Waals surface area contributed by atoms with E-state index in [4.69, 9.17) is 0 Å². The topological polar surface area (TPSA) is 58.2 Å². The Morgan fingerprint density at radius 2 is 1.58 bits per heavy atom. The highest BCUT2D eigenvalue weighted by atomic mass is 16.2. The van der Waals surface area contributed by atoms with Crippen molar-refractivity contribution in [2.75, 3.05) is 12.4 Å². The number of anilines is 1. The molecule has 0 aromatic heterocycles. The number of rotatable bonds is 6. The van der Waals surface area contributed by atoms with Crippen molar-refractivity contribution in [3.8, 4) is 0 Å². The maximum Gasteiger partial charge on any atom is 0.253 e. The van der Waals surface area contributed by atoms with Gasteiger partial charge in [-0.2, -0.15) is 0 Å². The lowest BCUT2D eigenvalue weighted by Gasteiger charge is -2.21. The van der Waals surface area contributed by atoms with Crippen molar-refractivity contribution in [1.29, 1.82) is 0 Å². The number of amides is 2. The Kier molecular flexibility index (Phi) is 6.13. The van der Waals surface area contributed by atoms with Crippen molar-refractivity contribution in [1.82, 2.24) is 5.32 Å². The van der Waals surface area contributed by atoms with Crippen LogP contribution in [0, 0.1) is 5.92 Å². The van der Waals surface area contributed by atoms with Crippen LogP contribution >= 0.6 is 0 Å². The molecule has 2 rings (SSSR count). The van der Waals surface area contributed by atoms with E-state index in [1.165, 1.54) is 0 Å². The Labute approximate surface area is 143 Å². The van der Waals surface area contributed by atoms with Crippen molar-refractivity contribution in [3.63, 3.8) is 0 Å². The standard InChI is InChI=1S/C20H24N2O2/c1-14(2)17(15-9-5-4-6-10-15)13-19(23)22-18-12-8-7-11-16(18)20(24)21-3/h4-12,14,17H,13H2,1-3H3,(H,21,24)(H,22,23). The Morgan fingerprint density at radius 1 is 0.958 bits per heavy atom. The van der Waals surface area contributed by atoms with Gasteiger partial charge in [0.15, 0.2) is 0 Å². The average molecular weight is 324 g/mol. The van der Waals surface area contributed by atoms with E-state index in [9.17, 15) is 9.59 Å². The number of benzene rings is 2. The lowest BCUT2D eigenvalue weighted by molar-refractivity contribution is -0.116. The molecule has 2 N–H and O–H groups in total. The van der Waals surface area contributed by atoms with Crippen LogP contribution in [0.25, 0.3) is 0 Å². The summed E-state index contributed by atoms with van der Waals surface area (Å²) in [6.45, 7) is 4.23. The first kappa shape index (κ1) is 17.7.